The molecule has 142 valence electrons. The van der Waals surface area contributed by atoms with E-state index in [1.54, 1.807) is 31.2 Å². The van der Waals surface area contributed by atoms with Crippen LogP contribution < -0.4 is 10.1 Å². The first-order chi connectivity index (χ1) is 13.6. The summed E-state index contributed by atoms with van der Waals surface area (Å²) in [6.45, 7) is 2.07. The molecule has 0 aliphatic rings. The Balaban J connectivity index is 1.48. The van der Waals surface area contributed by atoms with Gasteiger partial charge in [0.2, 0.25) is 11.8 Å². The van der Waals surface area contributed by atoms with Gasteiger partial charge in [-0.1, -0.05) is 23.4 Å². The van der Waals surface area contributed by atoms with E-state index in [9.17, 15) is 4.79 Å². The Kier molecular flexibility index (Phi) is 6.65. The molecular weight excluding hydrogens is 376 g/mol. The Labute approximate surface area is 166 Å². The van der Waals surface area contributed by atoms with Crippen LogP contribution in [0.1, 0.15) is 22.8 Å². The predicted molar refractivity (Wildman–Crippen MR) is 106 cm³/mol. The van der Waals surface area contributed by atoms with Crippen LogP contribution in [0.3, 0.4) is 0 Å². The largest absolute Gasteiger partial charge is 0.489 e. The van der Waals surface area contributed by atoms with Crippen molar-refractivity contribution in [2.75, 3.05) is 11.1 Å². The first kappa shape index (κ1) is 19.5. The van der Waals surface area contributed by atoms with Gasteiger partial charge in [-0.25, -0.2) is 0 Å². The number of aryl methyl sites for hydroxylation is 1. The molecule has 0 saturated heterocycles. The number of nitriles is 1. The number of nitrogens with zero attached hydrogens (tertiary/aromatic N) is 3. The van der Waals surface area contributed by atoms with E-state index in [0.29, 0.717) is 41.1 Å². The zero-order chi connectivity index (χ0) is 19.8. The molecule has 1 N–H and O–H groups in total. The van der Waals surface area contributed by atoms with Crippen molar-refractivity contribution >= 4 is 23.4 Å². The molecule has 1 aromatic heterocycles. The maximum atomic E-state index is 12.1. The maximum Gasteiger partial charge on any atom is 0.234 e. The van der Waals surface area contributed by atoms with E-state index in [2.05, 4.69) is 21.5 Å². The highest BCUT2D eigenvalue weighted by molar-refractivity contribution is 7.99. The number of nitrogens with one attached hydrogen (secondary N) is 1. The number of rotatable bonds is 8. The molecular formula is C20H18N4O3S. The number of benzene rings is 2. The van der Waals surface area contributed by atoms with Gasteiger partial charge in [0, 0.05) is 18.7 Å². The summed E-state index contributed by atoms with van der Waals surface area (Å²) in [5, 5.41) is 15.6. The lowest BCUT2D eigenvalue weighted by atomic mass is 10.1. The summed E-state index contributed by atoms with van der Waals surface area (Å²) in [5.74, 6) is 2.39. The highest BCUT2D eigenvalue weighted by Gasteiger charge is 2.07. The van der Waals surface area contributed by atoms with E-state index in [-0.39, 0.29) is 11.7 Å². The number of carbonyl (C=O) groups is 1. The van der Waals surface area contributed by atoms with Crippen molar-refractivity contribution in [2.24, 2.45) is 0 Å². The van der Waals surface area contributed by atoms with Crippen LogP contribution in [0.25, 0.3) is 0 Å². The van der Waals surface area contributed by atoms with Gasteiger partial charge < -0.3 is 14.6 Å². The van der Waals surface area contributed by atoms with E-state index >= 15 is 0 Å². The number of carbonyl (C=O) groups excluding carboxylic acids is 1. The number of hydrogen-bond donors (Lipinski definition) is 1. The van der Waals surface area contributed by atoms with Crippen LogP contribution >= 0.6 is 11.8 Å². The van der Waals surface area contributed by atoms with Crippen molar-refractivity contribution in [2.45, 2.75) is 19.3 Å². The Morgan fingerprint density at radius 2 is 2.14 bits per heavy atom. The quantitative estimate of drug-likeness (QED) is 0.621. The summed E-state index contributed by atoms with van der Waals surface area (Å²) < 4.78 is 10.7. The van der Waals surface area contributed by atoms with Gasteiger partial charge in [0.25, 0.3) is 0 Å². The topological polar surface area (TPSA) is 101 Å². The number of anilines is 1. The summed E-state index contributed by atoms with van der Waals surface area (Å²) in [6.07, 6.45) is 0. The number of amides is 1. The van der Waals surface area contributed by atoms with Crippen molar-refractivity contribution in [1.29, 1.82) is 5.26 Å². The summed E-state index contributed by atoms with van der Waals surface area (Å²) in [7, 11) is 0. The van der Waals surface area contributed by atoms with Gasteiger partial charge in [-0.15, -0.1) is 11.8 Å². The van der Waals surface area contributed by atoms with Crippen LogP contribution in [0, 0.1) is 18.3 Å². The molecule has 0 bridgehead atoms. The van der Waals surface area contributed by atoms with Gasteiger partial charge in [0.15, 0.2) is 5.82 Å². The van der Waals surface area contributed by atoms with E-state index in [4.69, 9.17) is 14.5 Å². The van der Waals surface area contributed by atoms with Gasteiger partial charge >= 0.3 is 0 Å². The van der Waals surface area contributed by atoms with Gasteiger partial charge in [-0.3, -0.25) is 4.79 Å². The third kappa shape index (κ3) is 5.86. The third-order valence-corrected chi connectivity index (χ3v) is 4.54. The van der Waals surface area contributed by atoms with Crippen LogP contribution in [0.2, 0.25) is 0 Å². The van der Waals surface area contributed by atoms with Crippen LogP contribution in [-0.4, -0.2) is 21.8 Å². The minimum absolute atomic E-state index is 0.121. The molecule has 8 heteroatoms. The monoisotopic (exact) mass is 394 g/mol. The third-order valence-electron chi connectivity index (χ3n) is 3.61. The van der Waals surface area contributed by atoms with E-state index in [1.807, 2.05) is 24.3 Å². The summed E-state index contributed by atoms with van der Waals surface area (Å²) in [6, 6.07) is 16.5. The molecule has 2 aromatic carbocycles. The molecule has 3 aromatic rings. The van der Waals surface area contributed by atoms with Gasteiger partial charge in [-0.05, 0) is 29.8 Å². The fraction of sp³-hybridized carbons (Fsp3) is 0.200. The minimum atomic E-state index is -0.121. The first-order valence-electron chi connectivity index (χ1n) is 8.51. The average molecular weight is 394 g/mol. The van der Waals surface area contributed by atoms with Crippen molar-refractivity contribution in [3.8, 4) is 11.8 Å². The molecule has 7 nitrogen and oxygen atoms in total. The Bertz CT molecular complexity index is 997. The van der Waals surface area contributed by atoms with Crippen LogP contribution in [0.4, 0.5) is 5.69 Å². The SMILES string of the molecule is Cc1nc(CSCC(=O)Nc2cccc(OCc3cccc(C#N)c3)c2)no1. The first-order valence-corrected chi connectivity index (χ1v) is 9.66. The molecule has 1 heterocycles. The Hall–Kier alpha value is -3.31. The lowest BCUT2D eigenvalue weighted by Crippen LogP contribution is -2.14. The minimum Gasteiger partial charge on any atom is -0.489 e. The molecule has 0 atom stereocenters. The van der Waals surface area contributed by atoms with Crippen LogP contribution in [-0.2, 0) is 17.2 Å². The second kappa shape index (κ2) is 9.58. The second-order valence-corrected chi connectivity index (χ2v) is 6.88. The average Bonchev–Trinajstić information content (AvgIpc) is 3.12. The fourth-order valence-corrected chi connectivity index (χ4v) is 3.05. The fourth-order valence-electron chi connectivity index (χ4n) is 2.39. The van der Waals surface area contributed by atoms with E-state index in [0.717, 1.165) is 5.56 Å². The zero-order valence-electron chi connectivity index (χ0n) is 15.2. The molecule has 0 spiro atoms. The molecule has 0 radical (unpaired) electrons. The highest BCUT2D eigenvalue weighted by Crippen LogP contribution is 2.19. The zero-order valence-corrected chi connectivity index (χ0v) is 16.0. The summed E-state index contributed by atoms with van der Waals surface area (Å²) in [4.78, 5) is 16.2. The number of thioether (sulfide) groups is 1. The van der Waals surface area contributed by atoms with Crippen LogP contribution in [0.15, 0.2) is 53.1 Å². The molecule has 0 saturated carbocycles. The van der Waals surface area contributed by atoms with Crippen molar-refractivity contribution in [3.05, 3.63) is 71.4 Å². The van der Waals surface area contributed by atoms with E-state index in [1.165, 1.54) is 11.8 Å². The summed E-state index contributed by atoms with van der Waals surface area (Å²) in [5.41, 5.74) is 2.15. The second-order valence-electron chi connectivity index (χ2n) is 5.90. The Morgan fingerprint density at radius 3 is 2.93 bits per heavy atom. The number of hydrogen-bond acceptors (Lipinski definition) is 7. The van der Waals surface area contributed by atoms with E-state index < -0.39 is 0 Å². The van der Waals surface area contributed by atoms with Gasteiger partial charge in [-0.2, -0.15) is 10.2 Å². The molecule has 0 fully saturated rings. The normalized spacial score (nSPS) is 10.3. The summed E-state index contributed by atoms with van der Waals surface area (Å²) >= 11 is 1.41. The smallest absolute Gasteiger partial charge is 0.234 e. The predicted octanol–water partition coefficient (Wildman–Crippen LogP) is 3.70. The molecule has 28 heavy (non-hydrogen) atoms. The molecule has 0 aliphatic heterocycles. The van der Waals surface area contributed by atoms with Crippen molar-refractivity contribution in [1.82, 2.24) is 10.1 Å². The van der Waals surface area contributed by atoms with Gasteiger partial charge in [0.05, 0.1) is 23.1 Å². The highest BCUT2D eigenvalue weighted by atomic mass is 32.2. The van der Waals surface area contributed by atoms with Gasteiger partial charge in [0.1, 0.15) is 12.4 Å². The molecule has 1 amide bonds. The van der Waals surface area contributed by atoms with Crippen LogP contribution in [0.5, 0.6) is 5.75 Å². The standard InChI is InChI=1S/C20H18N4O3S/c1-14-22-19(24-27-14)12-28-13-20(25)23-17-6-3-7-18(9-17)26-11-16-5-2-4-15(8-16)10-21/h2-9H,11-13H2,1H3,(H,23,25). The number of ether oxygens (including phenoxy) is 1. The molecule has 3 rings (SSSR count). The lowest BCUT2D eigenvalue weighted by molar-refractivity contribution is -0.113. The molecule has 0 aliphatic carbocycles. The number of aromatic nitrogens is 2. The van der Waals surface area contributed by atoms with Crippen molar-refractivity contribution in [3.63, 3.8) is 0 Å². The Morgan fingerprint density at radius 1 is 1.29 bits per heavy atom. The lowest BCUT2D eigenvalue weighted by Gasteiger charge is -2.09. The molecule has 0 unspecified atom stereocenters. The van der Waals surface area contributed by atoms with Crippen molar-refractivity contribution < 1.29 is 14.1 Å². The maximum absolute atomic E-state index is 12.1.